The third-order valence-electron chi connectivity index (χ3n) is 4.83. The van der Waals surface area contributed by atoms with Gasteiger partial charge in [-0.05, 0) is 35.7 Å². The van der Waals surface area contributed by atoms with E-state index in [0.717, 1.165) is 26.3 Å². The number of para-hydroxylation sites is 1. The Morgan fingerprint density at radius 2 is 1.84 bits per heavy atom. The molecule has 0 N–H and O–H groups in total. The van der Waals surface area contributed by atoms with Gasteiger partial charge < -0.3 is 4.90 Å². The summed E-state index contributed by atoms with van der Waals surface area (Å²) in [6, 6.07) is 17.3. The molecular formula is C21H17F2N7S. The van der Waals surface area contributed by atoms with Gasteiger partial charge in [-0.3, -0.25) is 0 Å². The number of alkyl halides is 2. The maximum Gasteiger partial charge on any atom is 0.299 e. The predicted molar refractivity (Wildman–Crippen MR) is 115 cm³/mol. The van der Waals surface area contributed by atoms with E-state index in [2.05, 4.69) is 15.3 Å². The topological polar surface area (TPSA) is 64.1 Å². The first kappa shape index (κ1) is 19.3. The fraction of sp³-hybridized carbons (Fsp3) is 0.143. The van der Waals surface area contributed by atoms with Gasteiger partial charge in [-0.1, -0.05) is 24.3 Å². The number of rotatable bonds is 6. The SMILES string of the molecule is CN(Cc1cn(-c2ccccc2)nc1-c1cccs1)c1ccc2nnc(C(F)F)n2n1. The Morgan fingerprint density at radius 3 is 2.58 bits per heavy atom. The summed E-state index contributed by atoms with van der Waals surface area (Å²) in [6.07, 6.45) is -0.763. The molecule has 7 nitrogen and oxygen atoms in total. The summed E-state index contributed by atoms with van der Waals surface area (Å²) in [5, 5.41) is 18.4. The van der Waals surface area contributed by atoms with Gasteiger partial charge in [0.25, 0.3) is 6.43 Å². The van der Waals surface area contributed by atoms with Crippen LogP contribution in [0.25, 0.3) is 21.9 Å². The van der Waals surface area contributed by atoms with Crippen molar-refractivity contribution in [2.24, 2.45) is 0 Å². The second kappa shape index (κ2) is 7.88. The van der Waals surface area contributed by atoms with E-state index in [-0.39, 0.29) is 5.65 Å². The van der Waals surface area contributed by atoms with Crippen molar-refractivity contribution < 1.29 is 8.78 Å². The first-order valence-corrected chi connectivity index (χ1v) is 10.4. The van der Waals surface area contributed by atoms with Gasteiger partial charge in [0.15, 0.2) is 5.65 Å². The predicted octanol–water partition coefficient (Wildman–Crippen LogP) is 4.61. The molecule has 0 amide bonds. The Morgan fingerprint density at radius 1 is 1.00 bits per heavy atom. The summed E-state index contributed by atoms with van der Waals surface area (Å²) >= 11 is 1.62. The Balaban J connectivity index is 1.51. The molecule has 0 aliphatic carbocycles. The van der Waals surface area contributed by atoms with E-state index in [1.807, 2.05) is 70.7 Å². The van der Waals surface area contributed by atoms with Crippen LogP contribution in [0, 0.1) is 0 Å². The van der Waals surface area contributed by atoms with Gasteiger partial charge in [-0.2, -0.15) is 9.61 Å². The number of thiophene rings is 1. The van der Waals surface area contributed by atoms with Crippen LogP contribution in [0.2, 0.25) is 0 Å². The van der Waals surface area contributed by atoms with Crippen LogP contribution in [-0.4, -0.2) is 36.6 Å². The molecular weight excluding hydrogens is 420 g/mol. The van der Waals surface area contributed by atoms with E-state index in [4.69, 9.17) is 5.10 Å². The lowest BCUT2D eigenvalue weighted by Gasteiger charge is -2.17. The molecule has 10 heteroatoms. The van der Waals surface area contributed by atoms with Crippen molar-refractivity contribution >= 4 is 22.8 Å². The van der Waals surface area contributed by atoms with Crippen molar-refractivity contribution in [2.45, 2.75) is 13.0 Å². The van der Waals surface area contributed by atoms with Crippen molar-refractivity contribution in [3.8, 4) is 16.3 Å². The van der Waals surface area contributed by atoms with Gasteiger partial charge in [-0.25, -0.2) is 13.5 Å². The molecule has 5 aromatic rings. The number of nitrogens with zero attached hydrogens (tertiary/aromatic N) is 7. The van der Waals surface area contributed by atoms with Crippen LogP contribution in [0.3, 0.4) is 0 Å². The van der Waals surface area contributed by atoms with E-state index in [0.29, 0.717) is 12.4 Å². The van der Waals surface area contributed by atoms with Crippen LogP contribution in [0.1, 0.15) is 17.8 Å². The van der Waals surface area contributed by atoms with Crippen LogP contribution in [0.4, 0.5) is 14.6 Å². The second-order valence-corrected chi connectivity index (χ2v) is 7.88. The van der Waals surface area contributed by atoms with Crippen molar-refractivity contribution in [1.82, 2.24) is 29.6 Å². The van der Waals surface area contributed by atoms with Crippen LogP contribution in [0.5, 0.6) is 0 Å². The smallest absolute Gasteiger partial charge is 0.299 e. The first-order valence-electron chi connectivity index (χ1n) is 9.49. The van der Waals surface area contributed by atoms with Gasteiger partial charge in [0, 0.05) is 25.4 Å². The number of anilines is 1. The minimum absolute atomic E-state index is 0.281. The lowest BCUT2D eigenvalue weighted by Crippen LogP contribution is -2.19. The molecule has 0 saturated carbocycles. The molecule has 0 spiro atoms. The van der Waals surface area contributed by atoms with Crippen LogP contribution < -0.4 is 4.90 Å². The largest absolute Gasteiger partial charge is 0.354 e. The van der Waals surface area contributed by atoms with Crippen LogP contribution >= 0.6 is 11.3 Å². The summed E-state index contributed by atoms with van der Waals surface area (Å²) in [5.74, 6) is 0.0558. The molecule has 0 atom stereocenters. The Hall–Kier alpha value is -3.66. The molecule has 0 aliphatic heterocycles. The molecule has 0 unspecified atom stereocenters. The average molecular weight is 437 g/mol. The summed E-state index contributed by atoms with van der Waals surface area (Å²) in [6.45, 7) is 0.491. The van der Waals surface area contributed by atoms with E-state index in [1.54, 1.807) is 23.5 Å². The van der Waals surface area contributed by atoms with E-state index < -0.39 is 12.2 Å². The van der Waals surface area contributed by atoms with Gasteiger partial charge in [0.2, 0.25) is 5.82 Å². The molecule has 4 heterocycles. The highest BCUT2D eigenvalue weighted by Gasteiger charge is 2.19. The highest BCUT2D eigenvalue weighted by Crippen LogP contribution is 2.29. The summed E-state index contributed by atoms with van der Waals surface area (Å²) in [4.78, 5) is 2.94. The quantitative estimate of drug-likeness (QED) is 0.388. The van der Waals surface area contributed by atoms with E-state index in [9.17, 15) is 8.78 Å². The zero-order valence-corrected chi connectivity index (χ0v) is 17.2. The minimum Gasteiger partial charge on any atom is -0.354 e. The van der Waals surface area contributed by atoms with E-state index in [1.165, 1.54) is 0 Å². The monoisotopic (exact) mass is 437 g/mol. The van der Waals surface area contributed by atoms with Gasteiger partial charge >= 0.3 is 0 Å². The summed E-state index contributed by atoms with van der Waals surface area (Å²) < 4.78 is 29.3. The molecule has 0 aliphatic rings. The zero-order chi connectivity index (χ0) is 21.4. The van der Waals surface area contributed by atoms with Gasteiger partial charge in [0.1, 0.15) is 11.5 Å². The lowest BCUT2D eigenvalue weighted by molar-refractivity contribution is 0.137. The number of fused-ring (bicyclic) bond motifs is 1. The number of benzene rings is 1. The molecule has 0 saturated heterocycles. The average Bonchev–Trinajstić information content (AvgIpc) is 3.53. The molecule has 0 radical (unpaired) electrons. The first-order chi connectivity index (χ1) is 15.1. The number of aromatic nitrogens is 6. The number of hydrogen-bond acceptors (Lipinski definition) is 6. The highest BCUT2D eigenvalue weighted by atomic mass is 32.1. The molecule has 4 aromatic heterocycles. The molecule has 156 valence electrons. The van der Waals surface area contributed by atoms with Crippen LogP contribution in [-0.2, 0) is 6.54 Å². The normalized spacial score (nSPS) is 11.5. The standard InChI is InChI=1S/C21H17F2N7S/c1-28(18-10-9-17-24-25-21(20(22)23)30(17)26-18)12-14-13-29(15-6-3-2-4-7-15)27-19(14)16-8-5-11-31-16/h2-11,13,20H,12H2,1H3. The lowest BCUT2D eigenvalue weighted by atomic mass is 10.2. The van der Waals surface area contributed by atoms with Crippen molar-refractivity contribution in [1.29, 1.82) is 0 Å². The second-order valence-electron chi connectivity index (χ2n) is 6.94. The molecule has 1 aromatic carbocycles. The Bertz CT molecular complexity index is 1310. The number of hydrogen-bond donors (Lipinski definition) is 0. The Kier molecular flexibility index (Phi) is 4.91. The minimum atomic E-state index is -2.75. The fourth-order valence-electron chi connectivity index (χ4n) is 3.33. The van der Waals surface area contributed by atoms with Crippen molar-refractivity contribution in [3.05, 3.63) is 77.6 Å². The van der Waals surface area contributed by atoms with Gasteiger partial charge in [0.05, 0.1) is 10.6 Å². The Labute approximate surface area is 180 Å². The fourth-order valence-corrected chi connectivity index (χ4v) is 4.08. The number of halogens is 2. The molecule has 0 bridgehead atoms. The van der Waals surface area contributed by atoms with Crippen molar-refractivity contribution in [3.63, 3.8) is 0 Å². The van der Waals surface area contributed by atoms with Crippen LogP contribution in [0.15, 0.2) is 66.2 Å². The summed E-state index contributed by atoms with van der Waals surface area (Å²) in [5.41, 5.74) is 3.11. The zero-order valence-electron chi connectivity index (χ0n) is 16.4. The molecule has 5 rings (SSSR count). The highest BCUT2D eigenvalue weighted by molar-refractivity contribution is 7.13. The van der Waals surface area contributed by atoms with Crippen molar-refractivity contribution in [2.75, 3.05) is 11.9 Å². The third kappa shape index (κ3) is 3.66. The molecule has 0 fully saturated rings. The van der Waals surface area contributed by atoms with E-state index >= 15 is 0 Å². The van der Waals surface area contributed by atoms with Gasteiger partial charge in [-0.15, -0.1) is 26.6 Å². The maximum atomic E-state index is 13.2. The summed E-state index contributed by atoms with van der Waals surface area (Å²) in [7, 11) is 1.86. The maximum absolute atomic E-state index is 13.2. The third-order valence-corrected chi connectivity index (χ3v) is 5.71. The molecule has 31 heavy (non-hydrogen) atoms.